The molecule has 0 saturated carbocycles. The first-order chi connectivity index (χ1) is 8.03. The van der Waals surface area contributed by atoms with Crippen molar-refractivity contribution in [2.75, 3.05) is 25.1 Å². The van der Waals surface area contributed by atoms with E-state index in [2.05, 4.69) is 0 Å². The van der Waals surface area contributed by atoms with Crippen molar-refractivity contribution in [1.82, 2.24) is 4.31 Å². The fourth-order valence-corrected chi connectivity index (χ4v) is 3.45. The molecule has 1 heterocycles. The van der Waals surface area contributed by atoms with Crippen LogP contribution in [-0.2, 0) is 16.6 Å². The topological polar surface area (TPSA) is 72.6 Å². The molecule has 1 aliphatic rings. The molecule has 0 amide bonds. The van der Waals surface area contributed by atoms with Crippen LogP contribution in [0.3, 0.4) is 0 Å². The molecule has 1 aromatic rings. The van der Waals surface area contributed by atoms with Gasteiger partial charge in [0, 0.05) is 30.4 Å². The van der Waals surface area contributed by atoms with Gasteiger partial charge in [-0.05, 0) is 12.5 Å². The zero-order valence-electron chi connectivity index (χ0n) is 9.72. The first kappa shape index (κ1) is 12.2. The molecule has 0 spiro atoms. The molecule has 1 aromatic carbocycles. The lowest BCUT2D eigenvalue weighted by molar-refractivity contribution is 0.391. The number of hydrogen-bond donors (Lipinski definition) is 1. The molecule has 2 N–H and O–H groups in total. The highest BCUT2D eigenvalue weighted by atomic mass is 32.2. The van der Waals surface area contributed by atoms with E-state index >= 15 is 0 Å². The summed E-state index contributed by atoms with van der Waals surface area (Å²) in [5.41, 5.74) is 7.10. The summed E-state index contributed by atoms with van der Waals surface area (Å²) in [5.74, 6) is 0.872. The first-order valence-electron chi connectivity index (χ1n) is 5.43. The van der Waals surface area contributed by atoms with E-state index in [0.717, 1.165) is 5.56 Å². The van der Waals surface area contributed by atoms with Gasteiger partial charge >= 0.3 is 0 Å². The third-order valence-electron chi connectivity index (χ3n) is 2.86. The van der Waals surface area contributed by atoms with Crippen LogP contribution in [0.5, 0.6) is 5.75 Å². The molecule has 1 saturated heterocycles. The normalized spacial score (nSPS) is 19.4. The number of nitrogens with zero attached hydrogens (tertiary/aromatic N) is 1. The zero-order valence-corrected chi connectivity index (χ0v) is 10.5. The average Bonchev–Trinajstić information content (AvgIpc) is 2.61. The van der Waals surface area contributed by atoms with Crippen LogP contribution in [0, 0.1) is 0 Å². The molecule has 1 fully saturated rings. The van der Waals surface area contributed by atoms with E-state index in [0.29, 0.717) is 30.9 Å². The van der Waals surface area contributed by atoms with Gasteiger partial charge in [-0.3, -0.25) is 0 Å². The molecule has 17 heavy (non-hydrogen) atoms. The molecule has 5 nitrogen and oxygen atoms in total. The summed E-state index contributed by atoms with van der Waals surface area (Å²) in [7, 11) is -1.52. The lowest BCUT2D eigenvalue weighted by atomic mass is 10.2. The Morgan fingerprint density at radius 3 is 2.82 bits per heavy atom. The largest absolute Gasteiger partial charge is 0.496 e. The second-order valence-corrected chi connectivity index (χ2v) is 6.16. The monoisotopic (exact) mass is 256 g/mol. The summed E-state index contributed by atoms with van der Waals surface area (Å²) < 4.78 is 30.1. The number of sulfonamides is 1. The Labute approximate surface area is 101 Å². The van der Waals surface area contributed by atoms with Crippen LogP contribution in [0.15, 0.2) is 18.2 Å². The first-order valence-corrected chi connectivity index (χ1v) is 7.04. The van der Waals surface area contributed by atoms with Crippen LogP contribution in [0.2, 0.25) is 0 Å². The predicted molar refractivity (Wildman–Crippen MR) is 66.2 cm³/mol. The van der Waals surface area contributed by atoms with Crippen LogP contribution in [0.1, 0.15) is 12.0 Å². The van der Waals surface area contributed by atoms with Gasteiger partial charge in [0.2, 0.25) is 10.0 Å². The predicted octanol–water partition coefficient (Wildman–Crippen LogP) is 0.813. The Morgan fingerprint density at radius 1 is 1.47 bits per heavy atom. The Bertz CT molecular complexity index is 513. The van der Waals surface area contributed by atoms with Gasteiger partial charge in [0.05, 0.1) is 12.9 Å². The quantitative estimate of drug-likeness (QED) is 0.812. The molecular formula is C11H16N2O3S. The van der Waals surface area contributed by atoms with Crippen molar-refractivity contribution in [2.45, 2.75) is 13.0 Å². The van der Waals surface area contributed by atoms with Crippen molar-refractivity contribution in [2.24, 2.45) is 0 Å². The maximum Gasteiger partial charge on any atom is 0.214 e. The lowest BCUT2D eigenvalue weighted by Gasteiger charge is -2.16. The maximum absolute atomic E-state index is 11.7. The summed E-state index contributed by atoms with van der Waals surface area (Å²) in [6.45, 7) is 0.932. The van der Waals surface area contributed by atoms with E-state index < -0.39 is 10.0 Å². The standard InChI is InChI=1S/C11H16N2O3S/c1-16-11-7-10(12)4-3-9(11)8-13-5-2-6-17(13,14)15/h3-4,7H,2,5-6,8,12H2,1H3. The van der Waals surface area contributed by atoms with Crippen molar-refractivity contribution in [3.63, 3.8) is 0 Å². The number of nitrogen functional groups attached to an aromatic ring is 1. The molecule has 6 heteroatoms. The van der Waals surface area contributed by atoms with E-state index in [1.807, 2.05) is 6.07 Å². The van der Waals surface area contributed by atoms with Gasteiger partial charge < -0.3 is 10.5 Å². The van der Waals surface area contributed by atoms with E-state index in [1.165, 1.54) is 4.31 Å². The molecule has 1 aliphatic heterocycles. The molecule has 0 aliphatic carbocycles. The minimum absolute atomic E-state index is 0.240. The molecule has 2 rings (SSSR count). The molecule has 94 valence electrons. The molecule has 0 aromatic heterocycles. The molecular weight excluding hydrogens is 240 g/mol. The van der Waals surface area contributed by atoms with Crippen LogP contribution in [0.25, 0.3) is 0 Å². The zero-order chi connectivity index (χ0) is 12.5. The summed E-state index contributed by atoms with van der Waals surface area (Å²) in [5, 5.41) is 0. The summed E-state index contributed by atoms with van der Waals surface area (Å²) in [6, 6.07) is 5.26. The highest BCUT2D eigenvalue weighted by Crippen LogP contribution is 2.25. The van der Waals surface area contributed by atoms with Crippen molar-refractivity contribution in [1.29, 1.82) is 0 Å². The number of nitrogens with two attached hydrogens (primary N) is 1. The Kier molecular flexibility index (Phi) is 3.26. The number of methoxy groups -OCH3 is 1. The summed E-state index contributed by atoms with van der Waals surface area (Å²) in [6.07, 6.45) is 0.694. The van der Waals surface area contributed by atoms with Crippen LogP contribution in [-0.4, -0.2) is 32.1 Å². The van der Waals surface area contributed by atoms with Gasteiger partial charge in [-0.2, -0.15) is 4.31 Å². The lowest BCUT2D eigenvalue weighted by Crippen LogP contribution is -2.25. The van der Waals surface area contributed by atoms with E-state index in [9.17, 15) is 8.42 Å². The minimum Gasteiger partial charge on any atom is -0.496 e. The Balaban J connectivity index is 2.24. The fraction of sp³-hybridized carbons (Fsp3) is 0.455. The number of ether oxygens (including phenoxy) is 1. The summed E-state index contributed by atoms with van der Waals surface area (Å²) in [4.78, 5) is 0. The fourth-order valence-electron chi connectivity index (χ4n) is 1.95. The van der Waals surface area contributed by atoms with Gasteiger partial charge in [-0.25, -0.2) is 8.42 Å². The Morgan fingerprint density at radius 2 is 2.24 bits per heavy atom. The Hall–Kier alpha value is -1.27. The number of benzene rings is 1. The second kappa shape index (κ2) is 4.54. The van der Waals surface area contributed by atoms with Crippen molar-refractivity contribution in [3.05, 3.63) is 23.8 Å². The van der Waals surface area contributed by atoms with Crippen molar-refractivity contribution in [3.8, 4) is 5.75 Å². The van der Waals surface area contributed by atoms with Crippen LogP contribution >= 0.6 is 0 Å². The highest BCUT2D eigenvalue weighted by molar-refractivity contribution is 7.89. The second-order valence-electron chi connectivity index (χ2n) is 4.07. The van der Waals surface area contributed by atoms with Gasteiger partial charge in [0.15, 0.2) is 0 Å². The SMILES string of the molecule is COc1cc(N)ccc1CN1CCCS1(=O)=O. The smallest absolute Gasteiger partial charge is 0.214 e. The molecule has 0 radical (unpaired) electrons. The van der Waals surface area contributed by atoms with Gasteiger partial charge in [0.1, 0.15) is 5.75 Å². The summed E-state index contributed by atoms with van der Waals surface area (Å²) >= 11 is 0. The minimum atomic E-state index is -3.07. The van der Waals surface area contributed by atoms with Crippen LogP contribution in [0.4, 0.5) is 5.69 Å². The molecule has 0 unspecified atom stereocenters. The third kappa shape index (κ3) is 2.53. The number of hydrogen-bond acceptors (Lipinski definition) is 4. The molecule has 0 bridgehead atoms. The number of anilines is 1. The average molecular weight is 256 g/mol. The molecule has 0 atom stereocenters. The van der Waals surface area contributed by atoms with Crippen LogP contribution < -0.4 is 10.5 Å². The maximum atomic E-state index is 11.7. The van der Waals surface area contributed by atoms with Crippen molar-refractivity contribution < 1.29 is 13.2 Å². The van der Waals surface area contributed by atoms with Gasteiger partial charge in [0.25, 0.3) is 0 Å². The highest BCUT2D eigenvalue weighted by Gasteiger charge is 2.28. The van der Waals surface area contributed by atoms with E-state index in [4.69, 9.17) is 10.5 Å². The van der Waals surface area contributed by atoms with E-state index in [-0.39, 0.29) is 5.75 Å². The van der Waals surface area contributed by atoms with Gasteiger partial charge in [-0.15, -0.1) is 0 Å². The van der Waals surface area contributed by atoms with Gasteiger partial charge in [-0.1, -0.05) is 6.07 Å². The number of rotatable bonds is 3. The third-order valence-corrected chi connectivity index (χ3v) is 4.76. The van der Waals surface area contributed by atoms with E-state index in [1.54, 1.807) is 19.2 Å². The van der Waals surface area contributed by atoms with Crippen molar-refractivity contribution >= 4 is 15.7 Å².